The van der Waals surface area contributed by atoms with Crippen LogP contribution >= 0.6 is 11.8 Å². The van der Waals surface area contributed by atoms with Gasteiger partial charge in [0.1, 0.15) is 57.5 Å². The van der Waals surface area contributed by atoms with Crippen molar-refractivity contribution in [1.82, 2.24) is 0 Å². The fraction of sp³-hybridized carbons (Fsp3) is 0.735. The first-order valence-electron chi connectivity index (χ1n) is 51.4. The molecule has 13 aliphatic rings. The molecule has 18 rings (SSSR count). The normalized spacial score (nSPS) is 37.1. The standard InChI is InChI=1S/C23H36O5S.C23H34O4S.C23H36O3S.2C22H32O4S/c1-21(2)9-7-10-22(3)19(21)8-11-23(4,24)20(22)15-29(25,26)18-13-16(27-5)12-17(14-18)28-6;1-21(2)9-7-10-22(3)18(21)8-11-23(4)19(22)14-28(24,25)17-13-15(26-5)12-16(27-6)20(17)23;1-21(2)9-7-10-22(3)19(21)8-11-23(4,24)20(22)15-27-18-13-16(25-5)12-17(14-18)26-6;2*1-20(2)8-6-9-21(3)17(20)7-10-22(4)18(21)13-27(24,25)16-12-14(23)11-15(26-5)19(16)22/h12-14,19-20,24H,7-11,15H2,1-6H3;12-13,18-19H,7-11,14H2,1-6H3;12-14,19-20,24H,7-11,15H2,1-6H3;2*11-12,17-18,23H,6-10,13H2,1-5H3/t19-,20+,22-,23+;18-,19+,22-,23+;19-,20+,22-,23+;2*17-,18+,21-,22+/m00000/s1. The summed E-state index contributed by atoms with van der Waals surface area (Å²) in [6.07, 6.45) is 27.4. The van der Waals surface area contributed by atoms with E-state index < -0.39 is 50.6 Å². The van der Waals surface area contributed by atoms with E-state index in [1.165, 1.54) is 71.3 Å². The summed E-state index contributed by atoms with van der Waals surface area (Å²) in [5.74, 6) is 9.02. The number of benzene rings is 5. The second-order valence-corrected chi connectivity index (χ2v) is 59.8. The van der Waals surface area contributed by atoms with Crippen LogP contribution in [0, 0.1) is 113 Å². The van der Waals surface area contributed by atoms with Crippen molar-refractivity contribution in [2.45, 2.75) is 351 Å². The van der Waals surface area contributed by atoms with Crippen LogP contribution in [0.4, 0.5) is 0 Å². The van der Waals surface area contributed by atoms with Crippen LogP contribution in [0.5, 0.6) is 57.5 Å². The summed E-state index contributed by atoms with van der Waals surface area (Å²) >= 11 is 1.82. The van der Waals surface area contributed by atoms with E-state index >= 15 is 0 Å². The summed E-state index contributed by atoms with van der Waals surface area (Å²) < 4.78 is 151. The molecule has 772 valence electrons. The third kappa shape index (κ3) is 18.9. The van der Waals surface area contributed by atoms with Gasteiger partial charge >= 0.3 is 0 Å². The summed E-state index contributed by atoms with van der Waals surface area (Å²) in [5, 5.41) is 42.8. The lowest BCUT2D eigenvalue weighted by Crippen LogP contribution is -2.59. The maximum absolute atomic E-state index is 13.5. The molecule has 3 heterocycles. The SMILES string of the molecule is COc1cc(O)cc2c1[C@]1(C)CC[C@H]3C(C)(C)CCC[C@]3(C)[C@H]1CS2(=O)=O.COc1cc(O)cc2c1[C@]1(C)CC[C@H]3C(C)(C)CCC[C@]3(C)[C@H]1CS2(=O)=O.COc1cc(OC)c2c(c1)S(=O)(=O)C[C@@H]1[C@@]3(C)CCCC(C)(C)[C@@H]3CC[C@@]21C.COc1cc(OC)cc(S(=O)(=O)C[C@@H]2[C@@]3(C)CCCC(C)(C)[C@@H]3CC[C@@]2(C)O)c1.COc1cc(OC)cc(SC[C@@H]2[C@@]3(C)CCCC(C)(C)[C@@H]3CC[C@@]2(C)O)c1. The molecule has 10 fully saturated rings. The minimum Gasteiger partial charge on any atom is -0.508 e. The Bertz CT molecular complexity index is 5640. The van der Waals surface area contributed by atoms with Crippen LogP contribution in [0.3, 0.4) is 0 Å². The highest BCUT2D eigenvalue weighted by Gasteiger charge is 2.68. The van der Waals surface area contributed by atoms with Crippen LogP contribution in [-0.4, -0.2) is 151 Å². The summed E-state index contributed by atoms with van der Waals surface area (Å²) in [7, 11) is -1.28. The van der Waals surface area contributed by atoms with Crippen molar-refractivity contribution < 1.29 is 92.0 Å². The molecule has 3 aliphatic heterocycles. The Balaban J connectivity index is 0.000000138. The number of ether oxygens (including phenoxy) is 8. The topological polar surface area (TPSA) is 291 Å². The zero-order valence-electron chi connectivity index (χ0n) is 88.8. The van der Waals surface area contributed by atoms with Gasteiger partial charge in [-0.3, -0.25) is 0 Å². The van der Waals surface area contributed by atoms with E-state index in [1.54, 1.807) is 79.1 Å². The Labute approximate surface area is 834 Å². The van der Waals surface area contributed by atoms with Crippen LogP contribution in [-0.2, 0) is 55.6 Å². The smallest absolute Gasteiger partial charge is 0.179 e. The Kier molecular flexibility index (Phi) is 29.4. The summed E-state index contributed by atoms with van der Waals surface area (Å²) in [6.45, 7) is 46.0. The van der Waals surface area contributed by atoms with Crippen molar-refractivity contribution in [2.75, 3.05) is 85.6 Å². The average Bonchev–Trinajstić information content (AvgIpc) is 0.701. The molecule has 138 heavy (non-hydrogen) atoms. The van der Waals surface area contributed by atoms with Crippen LogP contribution < -0.4 is 37.9 Å². The van der Waals surface area contributed by atoms with Gasteiger partial charge in [-0.2, -0.15) is 0 Å². The first-order chi connectivity index (χ1) is 63.9. The minimum atomic E-state index is -3.64. The fourth-order valence-corrected chi connectivity index (χ4v) is 44.3. The lowest BCUT2D eigenvalue weighted by Gasteiger charge is -2.63. The van der Waals surface area contributed by atoms with Crippen molar-refractivity contribution in [3.05, 3.63) is 89.5 Å². The molecular formula is C113H170O20S5. The highest BCUT2D eigenvalue weighted by molar-refractivity contribution is 7.99. The van der Waals surface area contributed by atoms with Gasteiger partial charge in [0.25, 0.3) is 0 Å². The van der Waals surface area contributed by atoms with E-state index in [1.807, 2.05) is 30.8 Å². The van der Waals surface area contributed by atoms with E-state index in [0.29, 0.717) is 80.8 Å². The van der Waals surface area contributed by atoms with Gasteiger partial charge in [-0.1, -0.05) is 157 Å². The Morgan fingerprint density at radius 2 is 0.580 bits per heavy atom. The molecule has 0 unspecified atom stereocenters. The molecule has 5 aromatic rings. The van der Waals surface area contributed by atoms with Gasteiger partial charge in [0.05, 0.1) is 111 Å². The average molecular weight is 2010 g/mol. The maximum atomic E-state index is 13.5. The molecule has 0 radical (unpaired) electrons. The molecule has 0 amide bonds. The molecule has 25 heteroatoms. The molecule has 0 saturated heterocycles. The third-order valence-corrected chi connectivity index (χ3v) is 48.7. The number of aromatic hydroxyl groups is 2. The number of thioether (sulfide) groups is 1. The predicted molar refractivity (Wildman–Crippen MR) is 550 cm³/mol. The van der Waals surface area contributed by atoms with Crippen molar-refractivity contribution in [2.24, 2.45) is 113 Å². The second kappa shape index (κ2) is 37.6. The third-order valence-electron chi connectivity index (χ3n) is 40.6. The van der Waals surface area contributed by atoms with Gasteiger partial charge < -0.3 is 58.3 Å². The summed E-state index contributed by atoms with van der Waals surface area (Å²) in [6, 6.07) is 20.3. The molecule has 10 saturated carbocycles. The Morgan fingerprint density at radius 1 is 0.312 bits per heavy atom. The Morgan fingerprint density at radius 3 is 0.899 bits per heavy atom. The number of hydrogen-bond acceptors (Lipinski definition) is 21. The molecular weight excluding hydrogens is 1840 g/mol. The van der Waals surface area contributed by atoms with E-state index in [9.17, 15) is 54.1 Å². The molecule has 0 spiro atoms. The quantitative estimate of drug-likeness (QED) is 0.0751. The van der Waals surface area contributed by atoms with Crippen LogP contribution in [0.2, 0.25) is 0 Å². The van der Waals surface area contributed by atoms with E-state index in [4.69, 9.17) is 37.9 Å². The molecule has 20 nitrogen and oxygen atoms in total. The van der Waals surface area contributed by atoms with Crippen molar-refractivity contribution >= 4 is 51.1 Å². The van der Waals surface area contributed by atoms with Crippen LogP contribution in [0.15, 0.2) is 97.3 Å². The van der Waals surface area contributed by atoms with Crippen LogP contribution in [0.25, 0.3) is 0 Å². The first kappa shape index (κ1) is 108. The van der Waals surface area contributed by atoms with Crippen LogP contribution in [0.1, 0.15) is 316 Å². The lowest BCUT2D eigenvalue weighted by molar-refractivity contribution is -0.158. The largest absolute Gasteiger partial charge is 0.508 e. The van der Waals surface area contributed by atoms with Gasteiger partial charge in [0, 0.05) is 85.8 Å². The van der Waals surface area contributed by atoms with Gasteiger partial charge in [-0.15, -0.1) is 11.8 Å². The monoisotopic (exact) mass is 2010 g/mol. The molecule has 10 aliphatic carbocycles. The molecule has 20 atom stereocenters. The number of methoxy groups -OCH3 is 8. The number of sulfone groups is 4. The second-order valence-electron chi connectivity index (χ2n) is 50.7. The van der Waals surface area contributed by atoms with E-state index in [-0.39, 0.29) is 144 Å². The highest BCUT2D eigenvalue weighted by atomic mass is 32.2. The minimum absolute atomic E-state index is 0.00239. The first-order valence-corrected chi connectivity index (χ1v) is 59.0. The molecule has 4 N–H and O–H groups in total. The zero-order valence-corrected chi connectivity index (χ0v) is 92.9. The molecule has 5 aromatic carbocycles. The summed E-state index contributed by atoms with van der Waals surface area (Å²) in [4.78, 5) is 2.29. The Hall–Kier alpha value is -5.83. The zero-order chi connectivity index (χ0) is 102. The number of fused-ring (bicyclic) bond motifs is 17. The van der Waals surface area contributed by atoms with Gasteiger partial charge in [-0.25, -0.2) is 33.7 Å². The number of phenols is 2. The predicted octanol–water partition coefficient (Wildman–Crippen LogP) is 24.6. The van der Waals surface area contributed by atoms with Gasteiger partial charge in [-0.05, 0) is 286 Å². The number of rotatable bonds is 14. The number of aliphatic hydroxyl groups is 2. The van der Waals surface area contributed by atoms with Gasteiger partial charge in [0.15, 0.2) is 39.3 Å². The fourth-order valence-electron chi connectivity index (χ4n) is 34.0. The molecule has 0 aromatic heterocycles. The maximum Gasteiger partial charge on any atom is 0.179 e. The molecule has 0 bridgehead atoms. The van der Waals surface area contributed by atoms with E-state index in [0.717, 1.165) is 148 Å². The number of phenolic OH excluding ortho intramolecular Hbond substituents is 2. The van der Waals surface area contributed by atoms with Gasteiger partial charge in [0.2, 0.25) is 0 Å². The van der Waals surface area contributed by atoms with E-state index in [2.05, 4.69) is 144 Å². The highest BCUT2D eigenvalue weighted by Crippen LogP contribution is 2.73. The van der Waals surface area contributed by atoms with Crippen molar-refractivity contribution in [1.29, 1.82) is 0 Å². The lowest BCUT2D eigenvalue weighted by atomic mass is 9.43. The summed E-state index contributed by atoms with van der Waals surface area (Å²) in [5.41, 5.74) is 1.47. The van der Waals surface area contributed by atoms with Crippen molar-refractivity contribution in [3.63, 3.8) is 0 Å². The van der Waals surface area contributed by atoms with Crippen molar-refractivity contribution in [3.8, 4) is 57.5 Å². The number of hydrogen-bond donors (Lipinski definition) is 4.